The van der Waals surface area contributed by atoms with Crippen molar-refractivity contribution in [3.63, 3.8) is 0 Å². The summed E-state index contributed by atoms with van der Waals surface area (Å²) in [5, 5.41) is 8.77. The highest BCUT2D eigenvalue weighted by Crippen LogP contribution is 2.08. The fourth-order valence-electron chi connectivity index (χ4n) is 0.680. The number of hydrogen-bond donors (Lipinski definition) is 3. The molecule has 4 N–H and O–H groups in total. The first-order valence-electron chi connectivity index (χ1n) is 3.26. The van der Waals surface area contributed by atoms with Gasteiger partial charge in [-0.15, -0.1) is 0 Å². The largest absolute Gasteiger partial charge is 0.491 e. The molecule has 1 rings (SSSR count). The standard InChI is InChI=1S/C6H8FN3O2/c1-2(8)4-9-5(11)3(7)6(12)10-4/h2H,8H2,1H3,(H2,9,10,11,12). The highest BCUT2D eigenvalue weighted by Gasteiger charge is 2.11. The zero-order valence-electron chi connectivity index (χ0n) is 6.34. The molecular formula is C6H8FN3O2. The summed E-state index contributed by atoms with van der Waals surface area (Å²) in [5.41, 5.74) is 4.32. The number of rotatable bonds is 1. The van der Waals surface area contributed by atoms with E-state index in [4.69, 9.17) is 10.8 Å². The molecular weight excluding hydrogens is 165 g/mol. The molecule has 0 aliphatic carbocycles. The average Bonchev–Trinajstić information content (AvgIpc) is 1.99. The number of nitrogens with one attached hydrogen (secondary N) is 1. The number of aromatic amines is 1. The Bertz CT molecular complexity index is 347. The number of H-pyrrole nitrogens is 1. The molecule has 1 aromatic rings. The van der Waals surface area contributed by atoms with Crippen LogP contribution in [0.15, 0.2) is 4.79 Å². The van der Waals surface area contributed by atoms with E-state index in [-0.39, 0.29) is 5.82 Å². The molecule has 0 aliphatic heterocycles. The van der Waals surface area contributed by atoms with Gasteiger partial charge in [0.15, 0.2) is 0 Å². The molecule has 0 bridgehead atoms. The van der Waals surface area contributed by atoms with Crippen LogP contribution in [0.3, 0.4) is 0 Å². The van der Waals surface area contributed by atoms with Gasteiger partial charge in [-0.05, 0) is 6.92 Å². The molecule has 0 aromatic carbocycles. The summed E-state index contributed by atoms with van der Waals surface area (Å²) in [5.74, 6) is -2.16. The van der Waals surface area contributed by atoms with E-state index < -0.39 is 23.3 Å². The second kappa shape index (κ2) is 2.90. The van der Waals surface area contributed by atoms with Crippen LogP contribution in [0.4, 0.5) is 4.39 Å². The topological polar surface area (TPSA) is 92.0 Å². The maximum absolute atomic E-state index is 12.5. The van der Waals surface area contributed by atoms with Crippen LogP contribution in [-0.2, 0) is 0 Å². The van der Waals surface area contributed by atoms with Crippen LogP contribution in [0.2, 0.25) is 0 Å². The van der Waals surface area contributed by atoms with E-state index in [0.29, 0.717) is 0 Å². The SMILES string of the molecule is CC(N)c1nc(O)c(F)c(=O)[nH]1. The zero-order valence-corrected chi connectivity index (χ0v) is 6.34. The second-order valence-electron chi connectivity index (χ2n) is 2.38. The Kier molecular flexibility index (Phi) is 2.09. The Balaban J connectivity index is 3.31. The quantitative estimate of drug-likeness (QED) is 0.540. The Morgan fingerprint density at radius 1 is 1.75 bits per heavy atom. The van der Waals surface area contributed by atoms with Gasteiger partial charge in [-0.2, -0.15) is 9.37 Å². The fourth-order valence-corrected chi connectivity index (χ4v) is 0.680. The van der Waals surface area contributed by atoms with Crippen LogP contribution in [0.5, 0.6) is 5.88 Å². The van der Waals surface area contributed by atoms with E-state index >= 15 is 0 Å². The van der Waals surface area contributed by atoms with Crippen molar-refractivity contribution in [2.24, 2.45) is 5.73 Å². The van der Waals surface area contributed by atoms with Crippen LogP contribution in [0, 0.1) is 5.82 Å². The monoisotopic (exact) mass is 173 g/mol. The van der Waals surface area contributed by atoms with E-state index in [9.17, 15) is 9.18 Å². The zero-order chi connectivity index (χ0) is 9.30. The highest BCUT2D eigenvalue weighted by molar-refractivity contribution is 5.10. The van der Waals surface area contributed by atoms with E-state index in [1.54, 1.807) is 6.92 Å². The predicted molar refractivity (Wildman–Crippen MR) is 39.1 cm³/mol. The smallest absolute Gasteiger partial charge is 0.291 e. The Morgan fingerprint density at radius 3 is 2.75 bits per heavy atom. The van der Waals surface area contributed by atoms with Crippen molar-refractivity contribution >= 4 is 0 Å². The number of aromatic hydroxyl groups is 1. The maximum Gasteiger partial charge on any atom is 0.291 e. The molecule has 1 atom stereocenters. The Morgan fingerprint density at radius 2 is 2.33 bits per heavy atom. The Hall–Kier alpha value is -1.43. The molecule has 1 heterocycles. The molecule has 6 heteroatoms. The summed E-state index contributed by atoms with van der Waals surface area (Å²) in [7, 11) is 0. The summed E-state index contributed by atoms with van der Waals surface area (Å²) in [6, 6.07) is -0.552. The van der Waals surface area contributed by atoms with Crippen LogP contribution in [0.25, 0.3) is 0 Å². The van der Waals surface area contributed by atoms with Crippen molar-refractivity contribution in [3.8, 4) is 5.88 Å². The molecule has 1 aromatic heterocycles. The molecule has 5 nitrogen and oxygen atoms in total. The minimum absolute atomic E-state index is 0.0545. The number of hydrogen-bond acceptors (Lipinski definition) is 4. The third-order valence-corrected chi connectivity index (χ3v) is 1.29. The molecule has 0 spiro atoms. The van der Waals surface area contributed by atoms with Gasteiger partial charge < -0.3 is 15.8 Å². The number of nitrogens with two attached hydrogens (primary N) is 1. The van der Waals surface area contributed by atoms with Gasteiger partial charge in [-0.1, -0.05) is 0 Å². The van der Waals surface area contributed by atoms with Gasteiger partial charge in [0.2, 0.25) is 5.82 Å². The van der Waals surface area contributed by atoms with Gasteiger partial charge in [0.25, 0.3) is 11.4 Å². The lowest BCUT2D eigenvalue weighted by molar-refractivity contribution is 0.399. The molecule has 0 fully saturated rings. The lowest BCUT2D eigenvalue weighted by atomic mass is 10.3. The second-order valence-corrected chi connectivity index (χ2v) is 2.38. The van der Waals surface area contributed by atoms with Crippen LogP contribution in [-0.4, -0.2) is 15.1 Å². The van der Waals surface area contributed by atoms with Crippen LogP contribution < -0.4 is 11.3 Å². The molecule has 66 valence electrons. The van der Waals surface area contributed by atoms with E-state index in [2.05, 4.69) is 9.97 Å². The number of halogens is 1. The minimum atomic E-state index is -1.29. The van der Waals surface area contributed by atoms with Gasteiger partial charge in [-0.3, -0.25) is 4.79 Å². The van der Waals surface area contributed by atoms with Crippen LogP contribution in [0.1, 0.15) is 18.8 Å². The number of nitrogens with zero attached hydrogens (tertiary/aromatic N) is 1. The molecule has 0 radical (unpaired) electrons. The van der Waals surface area contributed by atoms with Crippen molar-refractivity contribution in [2.45, 2.75) is 13.0 Å². The maximum atomic E-state index is 12.5. The lowest BCUT2D eigenvalue weighted by Crippen LogP contribution is -2.19. The third kappa shape index (κ3) is 1.42. The normalized spacial score (nSPS) is 12.9. The first kappa shape index (κ1) is 8.66. The fraction of sp³-hybridized carbons (Fsp3) is 0.333. The van der Waals surface area contributed by atoms with Gasteiger partial charge >= 0.3 is 0 Å². The van der Waals surface area contributed by atoms with Gasteiger partial charge in [0.05, 0.1) is 6.04 Å². The summed E-state index contributed by atoms with van der Waals surface area (Å²) in [4.78, 5) is 16.1. The van der Waals surface area contributed by atoms with Crippen molar-refractivity contribution in [1.29, 1.82) is 0 Å². The first-order chi connectivity index (χ1) is 5.52. The van der Waals surface area contributed by atoms with Crippen molar-refractivity contribution in [3.05, 3.63) is 22.0 Å². The molecule has 0 saturated heterocycles. The molecule has 12 heavy (non-hydrogen) atoms. The Labute approximate surface area is 67.1 Å². The van der Waals surface area contributed by atoms with Crippen molar-refractivity contribution < 1.29 is 9.50 Å². The molecule has 1 unspecified atom stereocenters. The minimum Gasteiger partial charge on any atom is -0.491 e. The van der Waals surface area contributed by atoms with Gasteiger partial charge in [0, 0.05) is 0 Å². The molecule has 0 saturated carbocycles. The molecule has 0 amide bonds. The van der Waals surface area contributed by atoms with Crippen LogP contribution >= 0.6 is 0 Å². The third-order valence-electron chi connectivity index (χ3n) is 1.29. The molecule has 0 aliphatic rings. The van der Waals surface area contributed by atoms with Crippen molar-refractivity contribution in [2.75, 3.05) is 0 Å². The predicted octanol–water partition coefficient (Wildman–Crippen LogP) is -0.366. The highest BCUT2D eigenvalue weighted by atomic mass is 19.1. The lowest BCUT2D eigenvalue weighted by Gasteiger charge is -2.03. The summed E-state index contributed by atoms with van der Waals surface area (Å²) in [6.45, 7) is 1.55. The van der Waals surface area contributed by atoms with E-state index in [1.807, 2.05) is 0 Å². The average molecular weight is 173 g/mol. The van der Waals surface area contributed by atoms with Gasteiger partial charge in [-0.25, -0.2) is 0 Å². The van der Waals surface area contributed by atoms with E-state index in [0.717, 1.165) is 0 Å². The first-order valence-corrected chi connectivity index (χ1v) is 3.26. The number of aromatic nitrogens is 2. The van der Waals surface area contributed by atoms with E-state index in [1.165, 1.54) is 0 Å². The summed E-state index contributed by atoms with van der Waals surface area (Å²) < 4.78 is 12.5. The summed E-state index contributed by atoms with van der Waals surface area (Å²) in [6.07, 6.45) is 0. The summed E-state index contributed by atoms with van der Waals surface area (Å²) >= 11 is 0. The van der Waals surface area contributed by atoms with Crippen molar-refractivity contribution in [1.82, 2.24) is 9.97 Å². The van der Waals surface area contributed by atoms with Gasteiger partial charge in [0.1, 0.15) is 5.82 Å².